The molecule has 1 aromatic rings. The summed E-state index contributed by atoms with van der Waals surface area (Å²) in [5.41, 5.74) is 9.27. The predicted molar refractivity (Wildman–Crippen MR) is 76.8 cm³/mol. The van der Waals surface area contributed by atoms with E-state index in [0.29, 0.717) is 5.41 Å². The molecule has 2 aliphatic rings. The smallest absolute Gasteiger partial charge is 0.00762 e. The molecule has 0 spiro atoms. The lowest BCUT2D eigenvalue weighted by Crippen LogP contribution is -2.19. The molecule has 0 unspecified atom stereocenters. The molecular formula is C17H25N. The van der Waals surface area contributed by atoms with Crippen LogP contribution in [0.15, 0.2) is 24.3 Å². The highest BCUT2D eigenvalue weighted by Gasteiger charge is 2.42. The molecule has 0 aromatic heterocycles. The number of rotatable bonds is 3. The third-order valence-electron chi connectivity index (χ3n) is 5.25. The van der Waals surface area contributed by atoms with Crippen LogP contribution >= 0.6 is 0 Å². The molecular weight excluding hydrogens is 218 g/mol. The van der Waals surface area contributed by atoms with E-state index in [4.69, 9.17) is 5.73 Å². The highest BCUT2D eigenvalue weighted by Crippen LogP contribution is 2.47. The zero-order valence-electron chi connectivity index (χ0n) is 11.5. The molecule has 0 heterocycles. The predicted octanol–water partition coefficient (Wildman–Crippen LogP) is 3.97. The maximum absolute atomic E-state index is 5.90. The molecule has 1 heteroatoms. The van der Waals surface area contributed by atoms with Gasteiger partial charge in [0, 0.05) is 12.0 Å². The molecule has 1 nitrogen and oxygen atoms in total. The number of hydrogen-bond acceptors (Lipinski definition) is 1. The Morgan fingerprint density at radius 3 is 2.17 bits per heavy atom. The lowest BCUT2D eigenvalue weighted by Gasteiger charge is -2.26. The van der Waals surface area contributed by atoms with Crippen LogP contribution in [0.5, 0.6) is 0 Å². The molecule has 2 fully saturated rings. The van der Waals surface area contributed by atoms with Crippen molar-refractivity contribution in [1.82, 2.24) is 0 Å². The summed E-state index contributed by atoms with van der Waals surface area (Å²) < 4.78 is 0. The normalized spacial score (nSPS) is 30.1. The first-order valence-electron chi connectivity index (χ1n) is 7.54. The lowest BCUT2D eigenvalue weighted by atomic mass is 9.79. The Hall–Kier alpha value is -0.820. The van der Waals surface area contributed by atoms with Gasteiger partial charge in [0.2, 0.25) is 0 Å². The van der Waals surface area contributed by atoms with Crippen molar-refractivity contribution in [2.75, 3.05) is 6.54 Å². The highest BCUT2D eigenvalue weighted by molar-refractivity contribution is 5.35. The van der Waals surface area contributed by atoms with E-state index >= 15 is 0 Å². The molecule has 1 aromatic carbocycles. The van der Waals surface area contributed by atoms with E-state index in [0.717, 1.165) is 18.4 Å². The molecule has 0 bridgehead atoms. The second-order valence-electron chi connectivity index (χ2n) is 6.56. The van der Waals surface area contributed by atoms with Crippen molar-refractivity contribution < 1.29 is 0 Å². The Labute approximate surface area is 111 Å². The first-order chi connectivity index (χ1) is 8.73. The highest BCUT2D eigenvalue weighted by atomic mass is 14.7. The van der Waals surface area contributed by atoms with Crippen LogP contribution in [-0.2, 0) is 5.41 Å². The minimum Gasteiger partial charge on any atom is -0.330 e. The van der Waals surface area contributed by atoms with Crippen molar-refractivity contribution in [2.24, 2.45) is 11.7 Å². The Balaban J connectivity index is 1.71. The van der Waals surface area contributed by atoms with Crippen LogP contribution in [0.25, 0.3) is 0 Å². The molecule has 18 heavy (non-hydrogen) atoms. The molecule has 0 amide bonds. The van der Waals surface area contributed by atoms with E-state index in [1.165, 1.54) is 44.1 Å². The van der Waals surface area contributed by atoms with Crippen LogP contribution in [0.2, 0.25) is 0 Å². The van der Waals surface area contributed by atoms with Crippen molar-refractivity contribution in [3.05, 3.63) is 35.4 Å². The maximum atomic E-state index is 5.90. The molecule has 2 N–H and O–H groups in total. The van der Waals surface area contributed by atoms with E-state index in [1.54, 1.807) is 5.56 Å². The summed E-state index contributed by atoms with van der Waals surface area (Å²) in [6.45, 7) is 3.20. The monoisotopic (exact) mass is 243 g/mol. The molecule has 0 atom stereocenters. The molecule has 0 saturated heterocycles. The summed E-state index contributed by atoms with van der Waals surface area (Å²) >= 11 is 0. The van der Waals surface area contributed by atoms with Gasteiger partial charge in [-0.2, -0.15) is 0 Å². The van der Waals surface area contributed by atoms with Crippen molar-refractivity contribution in [3.63, 3.8) is 0 Å². The Morgan fingerprint density at radius 2 is 1.67 bits per heavy atom. The molecule has 2 saturated carbocycles. The van der Waals surface area contributed by atoms with E-state index in [-0.39, 0.29) is 0 Å². The van der Waals surface area contributed by atoms with E-state index < -0.39 is 0 Å². The van der Waals surface area contributed by atoms with Gasteiger partial charge >= 0.3 is 0 Å². The number of benzene rings is 1. The largest absolute Gasteiger partial charge is 0.330 e. The Morgan fingerprint density at radius 1 is 1.06 bits per heavy atom. The average molecular weight is 243 g/mol. The van der Waals surface area contributed by atoms with E-state index in [1.807, 2.05) is 0 Å². The molecule has 3 rings (SSSR count). The van der Waals surface area contributed by atoms with Crippen LogP contribution in [0, 0.1) is 5.92 Å². The summed E-state index contributed by atoms with van der Waals surface area (Å²) in [5, 5.41) is 0. The summed E-state index contributed by atoms with van der Waals surface area (Å²) in [6.07, 6.45) is 8.12. The Kier molecular flexibility index (Phi) is 3.19. The number of nitrogens with two attached hydrogens (primary N) is 1. The molecule has 2 aliphatic carbocycles. The van der Waals surface area contributed by atoms with E-state index in [2.05, 4.69) is 31.2 Å². The van der Waals surface area contributed by atoms with Crippen LogP contribution < -0.4 is 5.73 Å². The summed E-state index contributed by atoms with van der Waals surface area (Å²) in [6, 6.07) is 9.41. The Bertz CT molecular complexity index is 394. The van der Waals surface area contributed by atoms with Gasteiger partial charge in [-0.3, -0.25) is 0 Å². The van der Waals surface area contributed by atoms with Crippen molar-refractivity contribution in [2.45, 2.75) is 56.8 Å². The minimum atomic E-state index is 0.347. The van der Waals surface area contributed by atoms with Gasteiger partial charge in [0.1, 0.15) is 0 Å². The number of hydrogen-bond donors (Lipinski definition) is 1. The summed E-state index contributed by atoms with van der Waals surface area (Å²) in [4.78, 5) is 0. The maximum Gasteiger partial charge on any atom is 0.00762 e. The second-order valence-corrected chi connectivity index (χ2v) is 6.56. The summed E-state index contributed by atoms with van der Waals surface area (Å²) in [7, 11) is 0. The minimum absolute atomic E-state index is 0.347. The van der Waals surface area contributed by atoms with Crippen molar-refractivity contribution in [3.8, 4) is 0 Å². The molecule has 0 aliphatic heterocycles. The topological polar surface area (TPSA) is 26.0 Å². The zero-order chi connectivity index (χ0) is 12.6. The fourth-order valence-electron chi connectivity index (χ4n) is 3.46. The van der Waals surface area contributed by atoms with E-state index in [9.17, 15) is 0 Å². The second kappa shape index (κ2) is 4.70. The molecule has 98 valence electrons. The lowest BCUT2D eigenvalue weighted by molar-refractivity contribution is 0.348. The van der Waals surface area contributed by atoms with Crippen LogP contribution in [0.3, 0.4) is 0 Å². The van der Waals surface area contributed by atoms with Gasteiger partial charge < -0.3 is 5.73 Å². The van der Waals surface area contributed by atoms with Gasteiger partial charge in [-0.05, 0) is 48.6 Å². The third kappa shape index (κ3) is 2.21. The van der Waals surface area contributed by atoms with Crippen LogP contribution in [0.4, 0.5) is 0 Å². The summed E-state index contributed by atoms with van der Waals surface area (Å²) in [5.74, 6) is 1.75. The van der Waals surface area contributed by atoms with Crippen LogP contribution in [0.1, 0.15) is 62.5 Å². The first-order valence-corrected chi connectivity index (χ1v) is 7.54. The SMILES string of the molecule is CC1CCC(c2ccc(C3(CN)CC3)cc2)CC1. The standard InChI is InChI=1S/C17H25N/c1-13-2-4-14(5-3-13)15-6-8-16(9-7-15)17(12-18)10-11-17/h6-9,13-14H,2-5,10-12,18H2,1H3. The quantitative estimate of drug-likeness (QED) is 0.854. The van der Waals surface area contributed by atoms with Crippen LogP contribution in [-0.4, -0.2) is 6.54 Å². The molecule has 0 radical (unpaired) electrons. The van der Waals surface area contributed by atoms with Gasteiger partial charge in [-0.25, -0.2) is 0 Å². The first kappa shape index (κ1) is 12.2. The van der Waals surface area contributed by atoms with Gasteiger partial charge in [0.05, 0.1) is 0 Å². The third-order valence-corrected chi connectivity index (χ3v) is 5.25. The van der Waals surface area contributed by atoms with Gasteiger partial charge in [-0.1, -0.05) is 44.0 Å². The van der Waals surface area contributed by atoms with Gasteiger partial charge in [0.15, 0.2) is 0 Å². The van der Waals surface area contributed by atoms with Gasteiger partial charge in [-0.15, -0.1) is 0 Å². The average Bonchev–Trinajstić information content (AvgIpc) is 3.21. The zero-order valence-corrected chi connectivity index (χ0v) is 11.5. The van der Waals surface area contributed by atoms with Gasteiger partial charge in [0.25, 0.3) is 0 Å². The fourth-order valence-corrected chi connectivity index (χ4v) is 3.46. The van der Waals surface area contributed by atoms with Crippen molar-refractivity contribution in [1.29, 1.82) is 0 Å². The van der Waals surface area contributed by atoms with Crippen molar-refractivity contribution >= 4 is 0 Å². The fraction of sp³-hybridized carbons (Fsp3) is 0.647.